The van der Waals surface area contributed by atoms with Gasteiger partial charge in [0, 0.05) is 12.5 Å². The van der Waals surface area contributed by atoms with E-state index >= 15 is 0 Å². The van der Waals surface area contributed by atoms with Crippen molar-refractivity contribution < 1.29 is 31.7 Å². The monoisotopic (exact) mass is 445 g/mol. The molecule has 0 aliphatic rings. The second-order valence-electron chi connectivity index (χ2n) is 6.47. The summed E-state index contributed by atoms with van der Waals surface area (Å²) in [5.41, 5.74) is 1.91. The minimum absolute atomic E-state index is 0.0206. The summed E-state index contributed by atoms with van der Waals surface area (Å²) in [7, 11) is 0.0861. The molecule has 0 radical (unpaired) electrons. The number of sulfonamides is 1. The van der Waals surface area contributed by atoms with Crippen LogP contribution in [0.4, 0.5) is 5.82 Å². The van der Waals surface area contributed by atoms with E-state index in [0.717, 1.165) is 11.3 Å². The molecule has 0 aliphatic carbocycles. The normalized spacial score (nSPS) is 11.5. The van der Waals surface area contributed by atoms with Gasteiger partial charge in [0.2, 0.25) is 0 Å². The lowest BCUT2D eigenvalue weighted by Crippen LogP contribution is -2.15. The van der Waals surface area contributed by atoms with Gasteiger partial charge in [0.25, 0.3) is 10.0 Å². The van der Waals surface area contributed by atoms with Gasteiger partial charge in [-0.05, 0) is 29.8 Å². The highest BCUT2D eigenvalue weighted by Gasteiger charge is 2.28. The van der Waals surface area contributed by atoms with Gasteiger partial charge in [-0.25, -0.2) is 8.42 Å². The second-order valence-corrected chi connectivity index (χ2v) is 8.09. The van der Waals surface area contributed by atoms with Crippen molar-refractivity contribution >= 4 is 26.8 Å². The first-order valence-corrected chi connectivity index (χ1v) is 10.5. The van der Waals surface area contributed by atoms with Crippen molar-refractivity contribution in [2.75, 3.05) is 26.1 Å². The van der Waals surface area contributed by atoms with E-state index in [1.54, 1.807) is 24.3 Å². The summed E-state index contributed by atoms with van der Waals surface area (Å²) in [4.78, 5) is -0.155. The quantitative estimate of drug-likeness (QED) is 0.435. The molecule has 0 bridgehead atoms. The Morgan fingerprint density at radius 3 is 2.29 bits per heavy atom. The Morgan fingerprint density at radius 2 is 1.68 bits per heavy atom. The molecule has 0 saturated carbocycles. The fraction of sp³-hybridized carbons (Fsp3) is 0.200. The van der Waals surface area contributed by atoms with Gasteiger partial charge in [0.05, 0.1) is 27.0 Å². The molecule has 0 amide bonds. The summed E-state index contributed by atoms with van der Waals surface area (Å²) >= 11 is 0. The van der Waals surface area contributed by atoms with Crippen molar-refractivity contribution in [2.45, 2.75) is 11.3 Å². The predicted octanol–water partition coefficient (Wildman–Crippen LogP) is 3.23. The maximum atomic E-state index is 13.2. The van der Waals surface area contributed by atoms with Crippen LogP contribution in [-0.2, 0) is 16.4 Å². The minimum Gasteiger partial charge on any atom is -0.496 e. The zero-order valence-electron chi connectivity index (χ0n) is 16.9. The molecule has 0 fully saturated rings. The number of nitrogens with one attached hydrogen (secondary N) is 1. The SMILES string of the molecule is COc1cccc(OC)c1S(=O)(=O)Nc1noc2cc(Cc3ccon3)cc(OC)c12. The van der Waals surface area contributed by atoms with Crippen LogP contribution in [0.15, 0.2) is 56.6 Å². The molecule has 2 aromatic carbocycles. The number of anilines is 1. The third-order valence-electron chi connectivity index (χ3n) is 4.58. The fourth-order valence-corrected chi connectivity index (χ4v) is 4.55. The van der Waals surface area contributed by atoms with Crippen LogP contribution in [0.3, 0.4) is 0 Å². The third kappa shape index (κ3) is 3.87. The number of hydrogen-bond acceptors (Lipinski definition) is 9. The number of nitrogens with zero attached hydrogens (tertiary/aromatic N) is 2. The molecule has 0 atom stereocenters. The maximum Gasteiger partial charge on any atom is 0.270 e. The van der Waals surface area contributed by atoms with Crippen LogP contribution in [-0.4, -0.2) is 40.1 Å². The lowest BCUT2D eigenvalue weighted by Gasteiger charge is -2.14. The number of rotatable bonds is 8. The summed E-state index contributed by atoms with van der Waals surface area (Å²) in [6.45, 7) is 0. The topological polar surface area (TPSA) is 126 Å². The third-order valence-corrected chi connectivity index (χ3v) is 5.98. The van der Waals surface area contributed by atoms with Crippen LogP contribution >= 0.6 is 0 Å². The summed E-state index contributed by atoms with van der Waals surface area (Å²) < 4.78 is 54.9. The molecule has 10 nitrogen and oxygen atoms in total. The van der Waals surface area contributed by atoms with E-state index < -0.39 is 10.0 Å². The number of ether oxygens (including phenoxy) is 3. The van der Waals surface area contributed by atoms with E-state index in [9.17, 15) is 8.42 Å². The summed E-state index contributed by atoms with van der Waals surface area (Å²) in [5.74, 6) is 0.623. The maximum absolute atomic E-state index is 13.2. The largest absolute Gasteiger partial charge is 0.496 e. The van der Waals surface area contributed by atoms with E-state index in [-0.39, 0.29) is 22.2 Å². The summed E-state index contributed by atoms with van der Waals surface area (Å²) in [6.07, 6.45) is 1.96. The molecular formula is C20H19N3O7S. The Balaban J connectivity index is 1.76. The van der Waals surface area contributed by atoms with E-state index in [0.29, 0.717) is 23.1 Å². The van der Waals surface area contributed by atoms with Crippen LogP contribution in [0.2, 0.25) is 0 Å². The second kappa shape index (κ2) is 8.19. The van der Waals surface area contributed by atoms with E-state index in [1.165, 1.54) is 39.7 Å². The van der Waals surface area contributed by atoms with Gasteiger partial charge in [0.15, 0.2) is 16.3 Å². The molecule has 11 heteroatoms. The van der Waals surface area contributed by atoms with Crippen molar-refractivity contribution in [3.8, 4) is 17.2 Å². The molecule has 4 aromatic rings. The van der Waals surface area contributed by atoms with Crippen LogP contribution in [0.5, 0.6) is 17.2 Å². The molecule has 1 N–H and O–H groups in total. The first kappa shape index (κ1) is 20.5. The van der Waals surface area contributed by atoms with E-state index in [4.69, 9.17) is 23.3 Å². The van der Waals surface area contributed by atoms with Gasteiger partial charge in [-0.2, -0.15) is 0 Å². The number of hydrogen-bond donors (Lipinski definition) is 1. The average molecular weight is 445 g/mol. The van der Waals surface area contributed by atoms with Gasteiger partial charge in [-0.3, -0.25) is 4.72 Å². The molecule has 4 rings (SSSR count). The Labute approximate surface area is 177 Å². The van der Waals surface area contributed by atoms with Gasteiger partial charge in [-0.15, -0.1) is 0 Å². The Morgan fingerprint density at radius 1 is 0.968 bits per heavy atom. The van der Waals surface area contributed by atoms with E-state index in [2.05, 4.69) is 15.0 Å². The van der Waals surface area contributed by atoms with Crippen LogP contribution in [0, 0.1) is 0 Å². The first-order valence-electron chi connectivity index (χ1n) is 9.06. The Bertz CT molecular complexity index is 1290. The van der Waals surface area contributed by atoms with Crippen molar-refractivity contribution in [1.29, 1.82) is 0 Å². The minimum atomic E-state index is -4.14. The first-order chi connectivity index (χ1) is 15.0. The van der Waals surface area contributed by atoms with Crippen molar-refractivity contribution in [3.05, 3.63) is 53.9 Å². The smallest absolute Gasteiger partial charge is 0.270 e. The summed E-state index contributed by atoms with van der Waals surface area (Å²) in [6, 6.07) is 9.92. The van der Waals surface area contributed by atoms with Crippen molar-refractivity contribution in [1.82, 2.24) is 10.3 Å². The standard InChI is InChI=1S/C20H19N3O7S/c1-26-14-5-4-6-15(27-2)19(14)31(24,25)23-20-18-16(28-3)10-12(11-17(18)30-22-20)9-13-7-8-29-21-13/h4-8,10-11H,9H2,1-3H3,(H,22,23). The van der Waals surface area contributed by atoms with Gasteiger partial charge < -0.3 is 23.3 Å². The Kier molecular flexibility index (Phi) is 5.42. The van der Waals surface area contributed by atoms with Crippen molar-refractivity contribution in [2.24, 2.45) is 0 Å². The van der Waals surface area contributed by atoms with Crippen LogP contribution < -0.4 is 18.9 Å². The number of benzene rings is 2. The molecule has 0 saturated heterocycles. The van der Waals surface area contributed by atoms with Crippen LogP contribution in [0.25, 0.3) is 11.0 Å². The summed E-state index contributed by atoms with van der Waals surface area (Å²) in [5, 5.41) is 8.17. The number of fused-ring (bicyclic) bond motifs is 1. The highest BCUT2D eigenvalue weighted by atomic mass is 32.2. The molecule has 162 valence electrons. The highest BCUT2D eigenvalue weighted by molar-refractivity contribution is 7.93. The zero-order valence-corrected chi connectivity index (χ0v) is 17.7. The molecular weight excluding hydrogens is 426 g/mol. The molecule has 2 aromatic heterocycles. The number of methoxy groups -OCH3 is 3. The zero-order chi connectivity index (χ0) is 22.0. The van der Waals surface area contributed by atoms with E-state index in [1.807, 2.05) is 0 Å². The molecule has 0 aliphatic heterocycles. The van der Waals surface area contributed by atoms with Gasteiger partial charge in [0.1, 0.15) is 28.9 Å². The molecule has 0 unspecified atom stereocenters. The fourth-order valence-electron chi connectivity index (χ4n) is 3.22. The van der Waals surface area contributed by atoms with Crippen LogP contribution in [0.1, 0.15) is 11.3 Å². The predicted molar refractivity (Wildman–Crippen MR) is 110 cm³/mol. The van der Waals surface area contributed by atoms with Crippen molar-refractivity contribution in [3.63, 3.8) is 0 Å². The lowest BCUT2D eigenvalue weighted by molar-refractivity contribution is 0.373. The average Bonchev–Trinajstić information content (AvgIpc) is 3.42. The molecule has 2 heterocycles. The van der Waals surface area contributed by atoms with Gasteiger partial charge >= 0.3 is 0 Å². The number of aromatic nitrogens is 2. The molecule has 0 spiro atoms. The lowest BCUT2D eigenvalue weighted by atomic mass is 10.1. The highest BCUT2D eigenvalue weighted by Crippen LogP contribution is 2.38. The Hall–Kier alpha value is -3.73. The molecule has 31 heavy (non-hydrogen) atoms. The van der Waals surface area contributed by atoms with Gasteiger partial charge in [-0.1, -0.05) is 16.4 Å².